The third-order valence-corrected chi connectivity index (χ3v) is 5.89. The van der Waals surface area contributed by atoms with Gasteiger partial charge in [0.2, 0.25) is 0 Å². The summed E-state index contributed by atoms with van der Waals surface area (Å²) >= 11 is 11.9. The largest absolute Gasteiger partial charge is 0.490 e. The van der Waals surface area contributed by atoms with Crippen LogP contribution in [0.3, 0.4) is 0 Å². The summed E-state index contributed by atoms with van der Waals surface area (Å²) in [6.45, 7) is 6.29. The Bertz CT molecular complexity index is 1360. The van der Waals surface area contributed by atoms with Gasteiger partial charge in [0.15, 0.2) is 18.1 Å². The van der Waals surface area contributed by atoms with E-state index in [-0.39, 0.29) is 13.2 Å². The van der Waals surface area contributed by atoms with Crippen LogP contribution in [-0.4, -0.2) is 37.1 Å². The van der Waals surface area contributed by atoms with Crippen LogP contribution < -0.4 is 25.5 Å². The number of ether oxygens (including phenoxy) is 2. The number of nitrogens with one attached hydrogen (secondary N) is 3. The van der Waals surface area contributed by atoms with Crippen LogP contribution in [-0.2, 0) is 20.9 Å². The first kappa shape index (κ1) is 30.5. The van der Waals surface area contributed by atoms with Crippen molar-refractivity contribution < 1.29 is 23.9 Å². The van der Waals surface area contributed by atoms with Crippen molar-refractivity contribution in [2.45, 2.75) is 33.2 Å². The van der Waals surface area contributed by atoms with Gasteiger partial charge in [-0.05, 0) is 65.9 Å². The number of anilines is 1. The standard InChI is InChI=1S/C29H30Cl2N4O5/c1-4-39-26-11-20(7-10-25(26)40-17-27(36)34-24-13-22(30)12-23(31)14-24)16-33-35-29(38)28(37)32-15-19-5-8-21(9-6-19)18(2)3/h5-14,16,18H,4,15,17H2,1-3H3,(H,32,37)(H,34,36)(H,35,38)/b33-16-. The topological polar surface area (TPSA) is 118 Å². The number of hydrogen-bond acceptors (Lipinski definition) is 6. The molecule has 0 heterocycles. The van der Waals surface area contributed by atoms with Crippen LogP contribution in [0.2, 0.25) is 10.0 Å². The Balaban J connectivity index is 1.51. The van der Waals surface area contributed by atoms with E-state index in [2.05, 4.69) is 35.0 Å². The van der Waals surface area contributed by atoms with Gasteiger partial charge in [-0.3, -0.25) is 14.4 Å². The Kier molecular flexibility index (Phi) is 11.4. The maximum atomic E-state index is 12.3. The first-order chi connectivity index (χ1) is 19.1. The summed E-state index contributed by atoms with van der Waals surface area (Å²) in [5, 5.41) is 9.86. The molecule has 40 heavy (non-hydrogen) atoms. The first-order valence-electron chi connectivity index (χ1n) is 12.5. The summed E-state index contributed by atoms with van der Waals surface area (Å²) in [4.78, 5) is 36.5. The van der Waals surface area contributed by atoms with E-state index in [9.17, 15) is 14.4 Å². The van der Waals surface area contributed by atoms with Gasteiger partial charge < -0.3 is 20.1 Å². The van der Waals surface area contributed by atoms with Gasteiger partial charge in [-0.2, -0.15) is 5.10 Å². The van der Waals surface area contributed by atoms with Crippen molar-refractivity contribution in [2.24, 2.45) is 5.10 Å². The normalized spacial score (nSPS) is 10.8. The Morgan fingerprint density at radius 3 is 2.25 bits per heavy atom. The molecule has 0 aliphatic carbocycles. The molecule has 0 saturated carbocycles. The summed E-state index contributed by atoms with van der Waals surface area (Å²) in [7, 11) is 0. The number of halogens is 2. The quantitative estimate of drug-likeness (QED) is 0.160. The molecule has 0 aromatic heterocycles. The highest BCUT2D eigenvalue weighted by Crippen LogP contribution is 2.28. The summed E-state index contributed by atoms with van der Waals surface area (Å²) in [6, 6.07) is 17.4. The SMILES string of the molecule is CCOc1cc(/C=N\NC(=O)C(=O)NCc2ccc(C(C)C)cc2)ccc1OCC(=O)Nc1cc(Cl)cc(Cl)c1. The molecular formula is C29H30Cl2N4O5. The third kappa shape index (κ3) is 9.59. The molecule has 3 amide bonds. The summed E-state index contributed by atoms with van der Waals surface area (Å²) < 4.78 is 11.2. The second-order valence-electron chi connectivity index (χ2n) is 8.91. The van der Waals surface area contributed by atoms with Crippen LogP contribution in [0.1, 0.15) is 43.4 Å². The minimum absolute atomic E-state index is 0.221. The zero-order valence-electron chi connectivity index (χ0n) is 22.3. The molecule has 0 saturated heterocycles. The van der Waals surface area contributed by atoms with Crippen molar-refractivity contribution in [1.29, 1.82) is 0 Å². The molecule has 0 bridgehead atoms. The highest BCUT2D eigenvalue weighted by atomic mass is 35.5. The molecule has 3 N–H and O–H groups in total. The lowest BCUT2D eigenvalue weighted by Crippen LogP contribution is -2.37. The fourth-order valence-electron chi connectivity index (χ4n) is 3.46. The molecule has 3 rings (SSSR count). The molecule has 3 aromatic rings. The lowest BCUT2D eigenvalue weighted by Gasteiger charge is -2.13. The summed E-state index contributed by atoms with van der Waals surface area (Å²) in [5.41, 5.74) is 5.29. The molecule has 9 nitrogen and oxygen atoms in total. The van der Waals surface area contributed by atoms with Gasteiger partial charge in [-0.1, -0.05) is 61.3 Å². The van der Waals surface area contributed by atoms with Gasteiger partial charge in [-0.15, -0.1) is 0 Å². The van der Waals surface area contributed by atoms with E-state index in [1.54, 1.807) is 43.3 Å². The minimum Gasteiger partial charge on any atom is -0.490 e. The number of carbonyl (C=O) groups is 3. The van der Waals surface area contributed by atoms with Gasteiger partial charge in [-0.25, -0.2) is 5.43 Å². The van der Waals surface area contributed by atoms with Crippen molar-refractivity contribution in [1.82, 2.24) is 10.7 Å². The van der Waals surface area contributed by atoms with Gasteiger partial charge in [0, 0.05) is 22.3 Å². The fraction of sp³-hybridized carbons (Fsp3) is 0.241. The highest BCUT2D eigenvalue weighted by Gasteiger charge is 2.13. The molecule has 0 aliphatic rings. The fourth-order valence-corrected chi connectivity index (χ4v) is 3.98. The van der Waals surface area contributed by atoms with Crippen molar-refractivity contribution in [3.05, 3.63) is 87.4 Å². The molecule has 210 valence electrons. The number of hydrogen-bond donors (Lipinski definition) is 3. The average molecular weight is 585 g/mol. The predicted molar refractivity (Wildman–Crippen MR) is 156 cm³/mol. The predicted octanol–water partition coefficient (Wildman–Crippen LogP) is 5.30. The Hall–Kier alpha value is -4.08. The molecular weight excluding hydrogens is 555 g/mol. The zero-order valence-corrected chi connectivity index (χ0v) is 23.8. The van der Waals surface area contributed by atoms with Crippen LogP contribution in [0, 0.1) is 0 Å². The van der Waals surface area contributed by atoms with Crippen LogP contribution in [0.25, 0.3) is 0 Å². The third-order valence-electron chi connectivity index (χ3n) is 5.46. The number of nitrogens with zero attached hydrogens (tertiary/aromatic N) is 1. The number of benzene rings is 3. The van der Waals surface area contributed by atoms with Crippen LogP contribution in [0.15, 0.2) is 65.8 Å². The molecule has 0 atom stereocenters. The molecule has 0 radical (unpaired) electrons. The number of hydrazone groups is 1. The monoisotopic (exact) mass is 584 g/mol. The van der Waals surface area contributed by atoms with E-state index >= 15 is 0 Å². The van der Waals surface area contributed by atoms with Gasteiger partial charge in [0.25, 0.3) is 5.91 Å². The van der Waals surface area contributed by atoms with Gasteiger partial charge in [0.05, 0.1) is 12.8 Å². The lowest BCUT2D eigenvalue weighted by molar-refractivity contribution is -0.139. The van der Waals surface area contributed by atoms with Gasteiger partial charge in [0.1, 0.15) is 0 Å². The van der Waals surface area contributed by atoms with Crippen LogP contribution in [0.4, 0.5) is 5.69 Å². The van der Waals surface area contributed by atoms with E-state index < -0.39 is 17.7 Å². The molecule has 0 fully saturated rings. The van der Waals surface area contributed by atoms with Crippen LogP contribution >= 0.6 is 23.2 Å². The second kappa shape index (κ2) is 14.9. The Morgan fingerprint density at radius 1 is 0.900 bits per heavy atom. The van der Waals surface area contributed by atoms with E-state index in [4.69, 9.17) is 32.7 Å². The zero-order chi connectivity index (χ0) is 29.1. The van der Waals surface area contributed by atoms with E-state index in [0.717, 1.165) is 5.56 Å². The van der Waals surface area contributed by atoms with E-state index in [0.29, 0.717) is 45.3 Å². The minimum atomic E-state index is -0.896. The number of carbonyl (C=O) groups excluding carboxylic acids is 3. The number of rotatable bonds is 11. The molecule has 0 aliphatic heterocycles. The average Bonchev–Trinajstić information content (AvgIpc) is 2.91. The Labute approximate surface area is 242 Å². The van der Waals surface area contributed by atoms with Crippen molar-refractivity contribution in [2.75, 3.05) is 18.5 Å². The lowest BCUT2D eigenvalue weighted by atomic mass is 10.0. The molecule has 3 aromatic carbocycles. The molecule has 0 unspecified atom stereocenters. The van der Waals surface area contributed by atoms with E-state index in [1.807, 2.05) is 24.3 Å². The maximum absolute atomic E-state index is 12.3. The van der Waals surface area contributed by atoms with Crippen molar-refractivity contribution in [3.63, 3.8) is 0 Å². The summed E-state index contributed by atoms with van der Waals surface area (Å²) in [5.74, 6) is -0.997. The van der Waals surface area contributed by atoms with Crippen molar-refractivity contribution >= 4 is 52.8 Å². The molecule has 0 spiro atoms. The molecule has 11 heteroatoms. The summed E-state index contributed by atoms with van der Waals surface area (Å²) in [6.07, 6.45) is 1.36. The van der Waals surface area contributed by atoms with Crippen molar-refractivity contribution in [3.8, 4) is 11.5 Å². The van der Waals surface area contributed by atoms with Gasteiger partial charge >= 0.3 is 11.8 Å². The Morgan fingerprint density at radius 2 is 1.60 bits per heavy atom. The van der Waals surface area contributed by atoms with Crippen LogP contribution in [0.5, 0.6) is 11.5 Å². The number of amides is 3. The smallest absolute Gasteiger partial charge is 0.329 e. The maximum Gasteiger partial charge on any atom is 0.329 e. The highest BCUT2D eigenvalue weighted by molar-refractivity contribution is 6.35. The van der Waals surface area contributed by atoms with E-state index in [1.165, 1.54) is 11.8 Å². The first-order valence-corrected chi connectivity index (χ1v) is 13.3. The second-order valence-corrected chi connectivity index (χ2v) is 9.79.